The summed E-state index contributed by atoms with van der Waals surface area (Å²) in [6.07, 6.45) is 4.25. The van der Waals surface area contributed by atoms with Gasteiger partial charge in [0.05, 0.1) is 6.26 Å². The third-order valence-corrected chi connectivity index (χ3v) is 2.70. The number of hydrogen-bond acceptors (Lipinski definition) is 4. The van der Waals surface area contributed by atoms with Crippen molar-refractivity contribution in [1.82, 2.24) is 16.2 Å². The fourth-order valence-electron chi connectivity index (χ4n) is 1.53. The maximum Gasteiger partial charge on any atom is 0.337 e. The highest BCUT2D eigenvalue weighted by Gasteiger charge is 2.04. The summed E-state index contributed by atoms with van der Waals surface area (Å²) in [6.45, 7) is 0. The van der Waals surface area contributed by atoms with E-state index in [2.05, 4.69) is 21.5 Å². The molecule has 0 atom stereocenters. The van der Waals surface area contributed by atoms with E-state index in [1.54, 1.807) is 36.4 Å². The average molecular weight is 330 g/mol. The van der Waals surface area contributed by atoms with Gasteiger partial charge in [-0.25, -0.2) is 10.2 Å². The molecule has 0 fully saturated rings. The van der Waals surface area contributed by atoms with E-state index < -0.39 is 11.9 Å². The number of nitrogens with one attached hydrogen (secondary N) is 4. The molecule has 0 aliphatic carbocycles. The summed E-state index contributed by atoms with van der Waals surface area (Å²) < 4.78 is 5.04. The Morgan fingerprint density at radius 3 is 2.52 bits per heavy atom. The first kappa shape index (κ1) is 16.2. The summed E-state index contributed by atoms with van der Waals surface area (Å²) >= 11 is 4.88. The largest absolute Gasteiger partial charge is 0.465 e. The number of thiocarbonyl (C=S) groups is 1. The quantitative estimate of drug-likeness (QED) is 0.392. The maximum atomic E-state index is 11.6. The lowest BCUT2D eigenvalue weighted by Crippen LogP contribution is -2.49. The molecule has 2 aromatic rings. The van der Waals surface area contributed by atoms with E-state index in [9.17, 15) is 9.59 Å². The van der Waals surface area contributed by atoms with Crippen molar-refractivity contribution in [3.05, 3.63) is 60.6 Å². The van der Waals surface area contributed by atoms with Crippen molar-refractivity contribution in [3.8, 4) is 0 Å². The van der Waals surface area contributed by atoms with Crippen molar-refractivity contribution < 1.29 is 14.0 Å². The number of hydrazine groups is 1. The van der Waals surface area contributed by atoms with Crippen molar-refractivity contribution in [2.24, 2.45) is 0 Å². The van der Waals surface area contributed by atoms with Crippen LogP contribution in [0.3, 0.4) is 0 Å². The van der Waals surface area contributed by atoms with Gasteiger partial charge in [0, 0.05) is 11.8 Å². The highest BCUT2D eigenvalue weighted by molar-refractivity contribution is 7.80. The van der Waals surface area contributed by atoms with Crippen molar-refractivity contribution in [3.63, 3.8) is 0 Å². The van der Waals surface area contributed by atoms with Gasteiger partial charge in [-0.05, 0) is 42.6 Å². The summed E-state index contributed by atoms with van der Waals surface area (Å²) in [5.41, 5.74) is 5.34. The van der Waals surface area contributed by atoms with Gasteiger partial charge in [-0.15, -0.1) is 0 Å². The smallest absolute Gasteiger partial charge is 0.337 e. The van der Waals surface area contributed by atoms with Crippen LogP contribution in [0.1, 0.15) is 5.76 Å². The SMILES string of the molecule is O=C(C=Cc1ccco1)NC(=S)NNC(=O)Nc1ccccc1. The Kier molecular flexibility index (Phi) is 5.89. The van der Waals surface area contributed by atoms with E-state index in [1.807, 2.05) is 6.07 Å². The summed E-state index contributed by atoms with van der Waals surface area (Å²) in [7, 11) is 0. The third-order valence-electron chi connectivity index (χ3n) is 2.50. The van der Waals surface area contributed by atoms with E-state index in [0.717, 1.165) is 0 Å². The van der Waals surface area contributed by atoms with Crippen LogP contribution in [-0.2, 0) is 4.79 Å². The van der Waals surface area contributed by atoms with Crippen LogP contribution in [0, 0.1) is 0 Å². The van der Waals surface area contributed by atoms with Gasteiger partial charge in [0.2, 0.25) is 5.91 Å². The predicted molar refractivity (Wildman–Crippen MR) is 90.2 cm³/mol. The standard InChI is InChI=1S/C15H14N4O3S/c20-13(9-8-12-7-4-10-22-12)17-15(23)19-18-14(21)16-11-5-2-1-3-6-11/h1-10H,(H2,16,18,21)(H2,17,19,20,23). The molecule has 0 aliphatic rings. The molecule has 0 spiro atoms. The normalized spacial score (nSPS) is 10.1. The summed E-state index contributed by atoms with van der Waals surface area (Å²) in [5, 5.41) is 4.92. The zero-order chi connectivity index (χ0) is 16.5. The van der Waals surface area contributed by atoms with E-state index in [1.165, 1.54) is 18.4 Å². The Balaban J connectivity index is 1.70. The topological polar surface area (TPSA) is 95.4 Å². The molecule has 3 amide bonds. The molecule has 23 heavy (non-hydrogen) atoms. The monoisotopic (exact) mass is 330 g/mol. The number of carbonyl (C=O) groups is 2. The van der Waals surface area contributed by atoms with Gasteiger partial charge in [0.1, 0.15) is 5.76 Å². The van der Waals surface area contributed by atoms with Crippen molar-refractivity contribution >= 4 is 41.0 Å². The first-order valence-electron chi connectivity index (χ1n) is 6.58. The molecule has 0 saturated carbocycles. The minimum Gasteiger partial charge on any atom is -0.465 e. The van der Waals surface area contributed by atoms with Crippen molar-refractivity contribution in [1.29, 1.82) is 0 Å². The molecule has 4 N–H and O–H groups in total. The number of para-hydroxylation sites is 1. The van der Waals surface area contributed by atoms with Gasteiger partial charge < -0.3 is 9.73 Å². The Bertz CT molecular complexity index is 699. The van der Waals surface area contributed by atoms with Crippen LogP contribution in [0.25, 0.3) is 6.08 Å². The van der Waals surface area contributed by atoms with Crippen LogP contribution >= 0.6 is 12.2 Å². The minimum atomic E-state index is -0.515. The van der Waals surface area contributed by atoms with Crippen molar-refractivity contribution in [2.45, 2.75) is 0 Å². The number of hydrogen-bond donors (Lipinski definition) is 4. The summed E-state index contributed by atoms with van der Waals surface area (Å²) in [6, 6.07) is 11.8. The summed E-state index contributed by atoms with van der Waals surface area (Å²) in [4.78, 5) is 23.2. The molecule has 1 heterocycles. The molecule has 7 nitrogen and oxygen atoms in total. The van der Waals surface area contributed by atoms with Crippen LogP contribution < -0.4 is 21.5 Å². The van der Waals surface area contributed by atoms with E-state index in [4.69, 9.17) is 16.6 Å². The second-order valence-corrected chi connectivity index (χ2v) is 4.65. The molecule has 118 valence electrons. The Morgan fingerprint density at radius 1 is 1.04 bits per heavy atom. The fraction of sp³-hybridized carbons (Fsp3) is 0. The fourth-order valence-corrected chi connectivity index (χ4v) is 1.68. The highest BCUT2D eigenvalue weighted by Crippen LogP contribution is 2.03. The zero-order valence-corrected chi connectivity index (χ0v) is 12.7. The number of rotatable bonds is 3. The Labute approximate surface area is 137 Å². The number of urea groups is 1. The van der Waals surface area contributed by atoms with Gasteiger partial charge >= 0.3 is 6.03 Å². The van der Waals surface area contributed by atoms with Crippen LogP contribution in [0.2, 0.25) is 0 Å². The Hall–Kier alpha value is -3.13. The van der Waals surface area contributed by atoms with Gasteiger partial charge in [-0.3, -0.25) is 15.5 Å². The predicted octanol–water partition coefficient (Wildman–Crippen LogP) is 2.02. The van der Waals surface area contributed by atoms with Crippen LogP contribution in [0.5, 0.6) is 0 Å². The van der Waals surface area contributed by atoms with Gasteiger partial charge in [-0.2, -0.15) is 0 Å². The van der Waals surface area contributed by atoms with Crippen molar-refractivity contribution in [2.75, 3.05) is 5.32 Å². The molecular weight excluding hydrogens is 316 g/mol. The second kappa shape index (κ2) is 8.35. The second-order valence-electron chi connectivity index (χ2n) is 4.24. The molecular formula is C15H14N4O3S. The molecule has 1 aromatic heterocycles. The molecule has 0 unspecified atom stereocenters. The van der Waals surface area contributed by atoms with E-state index in [0.29, 0.717) is 11.4 Å². The summed E-state index contributed by atoms with van der Waals surface area (Å²) in [5.74, 6) is 0.0866. The molecule has 0 saturated heterocycles. The lowest BCUT2D eigenvalue weighted by Gasteiger charge is -2.10. The van der Waals surface area contributed by atoms with E-state index >= 15 is 0 Å². The van der Waals surface area contributed by atoms with E-state index in [-0.39, 0.29) is 5.11 Å². The number of carbonyl (C=O) groups excluding carboxylic acids is 2. The molecule has 0 aliphatic heterocycles. The molecule has 1 aromatic carbocycles. The number of amides is 3. The minimum absolute atomic E-state index is 0.0395. The van der Waals surface area contributed by atoms with Gasteiger partial charge in [0.15, 0.2) is 5.11 Å². The molecule has 8 heteroatoms. The number of anilines is 1. The van der Waals surface area contributed by atoms with Gasteiger partial charge in [0.25, 0.3) is 0 Å². The molecule has 2 rings (SSSR count). The lowest BCUT2D eigenvalue weighted by atomic mass is 10.3. The molecule has 0 bridgehead atoms. The Morgan fingerprint density at radius 2 is 1.83 bits per heavy atom. The lowest BCUT2D eigenvalue weighted by molar-refractivity contribution is -0.115. The number of furan rings is 1. The maximum absolute atomic E-state index is 11.6. The van der Waals surface area contributed by atoms with Crippen LogP contribution in [0.4, 0.5) is 10.5 Å². The van der Waals surface area contributed by atoms with Gasteiger partial charge in [-0.1, -0.05) is 18.2 Å². The molecule has 0 radical (unpaired) electrons. The zero-order valence-electron chi connectivity index (χ0n) is 11.9. The third kappa shape index (κ3) is 6.02. The number of benzene rings is 1. The first-order valence-corrected chi connectivity index (χ1v) is 6.99. The van der Waals surface area contributed by atoms with Crippen LogP contribution in [-0.4, -0.2) is 17.1 Å². The van der Waals surface area contributed by atoms with Crippen LogP contribution in [0.15, 0.2) is 59.2 Å². The first-order chi connectivity index (χ1) is 11.1. The highest BCUT2D eigenvalue weighted by atomic mass is 32.1. The average Bonchev–Trinajstić information content (AvgIpc) is 3.05.